The molecule has 4 nitrogen and oxygen atoms in total. The van der Waals surface area contributed by atoms with Crippen molar-refractivity contribution in [2.45, 2.75) is 12.6 Å². The molecule has 0 heterocycles. The van der Waals surface area contributed by atoms with Gasteiger partial charge in [0.05, 0.1) is 12.3 Å². The van der Waals surface area contributed by atoms with Crippen molar-refractivity contribution in [3.8, 4) is 0 Å². The van der Waals surface area contributed by atoms with Crippen LogP contribution >= 0.6 is 7.60 Å². The lowest BCUT2D eigenvalue weighted by atomic mass is 10.5. The third kappa shape index (κ3) is 3.65. The quantitative estimate of drug-likeness (QED) is 0.570. The zero-order valence-corrected chi connectivity index (χ0v) is 6.34. The Bertz CT molecular complexity index is 118. The second-order valence-corrected chi connectivity index (χ2v) is 3.95. The predicted octanol–water partition coefficient (Wildman–Crippen LogP) is 0.199. The Morgan fingerprint density at radius 2 is 2.11 bits per heavy atom. The van der Waals surface area contributed by atoms with Crippen LogP contribution in [0.4, 0.5) is 0 Å². The maximum Gasteiger partial charge on any atom is 0.330 e. The molecule has 0 aromatic carbocycles. The van der Waals surface area contributed by atoms with E-state index in [1.807, 2.05) is 0 Å². The van der Waals surface area contributed by atoms with Crippen LogP contribution in [0.1, 0.15) is 6.92 Å². The first-order valence-corrected chi connectivity index (χ1v) is 4.20. The Morgan fingerprint density at radius 1 is 1.67 bits per heavy atom. The topological polar surface area (TPSA) is 66.8 Å². The zero-order chi connectivity index (χ0) is 7.49. The van der Waals surface area contributed by atoms with Gasteiger partial charge in [0.1, 0.15) is 0 Å². The predicted molar refractivity (Wildman–Crippen MR) is 33.4 cm³/mol. The van der Waals surface area contributed by atoms with Crippen molar-refractivity contribution >= 4 is 7.60 Å². The van der Waals surface area contributed by atoms with Gasteiger partial charge in [0.15, 0.2) is 0 Å². The molecule has 0 saturated carbocycles. The summed E-state index contributed by atoms with van der Waals surface area (Å²) in [5, 5.41) is 0. The van der Waals surface area contributed by atoms with Crippen LogP contribution < -0.4 is 0 Å². The van der Waals surface area contributed by atoms with Crippen LogP contribution in [-0.2, 0) is 9.30 Å². The standard InChI is InChI=1S/C4H11O4P/c1-4(3-8-2)9(5,6)7/h4H,3H2,1-2H3,(H2,5,6,7)/t4-/m1/s1. The van der Waals surface area contributed by atoms with Crippen molar-refractivity contribution in [3.05, 3.63) is 0 Å². The second kappa shape index (κ2) is 3.32. The van der Waals surface area contributed by atoms with Crippen molar-refractivity contribution < 1.29 is 19.1 Å². The molecule has 0 fully saturated rings. The van der Waals surface area contributed by atoms with Gasteiger partial charge in [-0.3, -0.25) is 4.57 Å². The van der Waals surface area contributed by atoms with Crippen molar-refractivity contribution in [2.75, 3.05) is 13.7 Å². The first kappa shape index (κ1) is 9.11. The molecule has 0 saturated heterocycles. The molecule has 0 aromatic rings. The minimum absolute atomic E-state index is 0.101. The van der Waals surface area contributed by atoms with E-state index in [9.17, 15) is 4.57 Å². The molecule has 5 heteroatoms. The van der Waals surface area contributed by atoms with Gasteiger partial charge in [-0.1, -0.05) is 0 Å². The molecule has 9 heavy (non-hydrogen) atoms. The van der Waals surface area contributed by atoms with Crippen LogP contribution in [0.25, 0.3) is 0 Å². The zero-order valence-electron chi connectivity index (χ0n) is 5.44. The molecule has 1 atom stereocenters. The minimum Gasteiger partial charge on any atom is -0.384 e. The summed E-state index contributed by atoms with van der Waals surface area (Å²) in [6.45, 7) is 1.55. The van der Waals surface area contributed by atoms with Gasteiger partial charge >= 0.3 is 7.60 Å². The maximum absolute atomic E-state index is 10.3. The Kier molecular flexibility index (Phi) is 3.36. The molecule has 2 N–H and O–H groups in total. The summed E-state index contributed by atoms with van der Waals surface area (Å²) in [5.41, 5.74) is -0.692. The van der Waals surface area contributed by atoms with Gasteiger partial charge in [-0.2, -0.15) is 0 Å². The molecule has 0 aliphatic carbocycles. The van der Waals surface area contributed by atoms with E-state index in [0.29, 0.717) is 0 Å². The Labute approximate surface area is 54.0 Å². The SMILES string of the molecule is COC[C@@H](C)P(=O)(O)O. The van der Waals surface area contributed by atoms with Crippen molar-refractivity contribution in [1.29, 1.82) is 0 Å². The van der Waals surface area contributed by atoms with E-state index >= 15 is 0 Å². The maximum atomic E-state index is 10.3. The van der Waals surface area contributed by atoms with E-state index in [4.69, 9.17) is 9.79 Å². The lowest BCUT2D eigenvalue weighted by Gasteiger charge is -2.10. The lowest BCUT2D eigenvalue weighted by Crippen LogP contribution is -2.09. The third-order valence-corrected chi connectivity index (χ3v) is 2.28. The molecule has 0 aliphatic rings. The van der Waals surface area contributed by atoms with Crippen molar-refractivity contribution in [3.63, 3.8) is 0 Å². The van der Waals surface area contributed by atoms with Crippen LogP contribution in [0, 0.1) is 0 Å². The average Bonchev–Trinajstić information content (AvgIpc) is 1.64. The molecule has 0 aromatic heterocycles. The largest absolute Gasteiger partial charge is 0.384 e. The Morgan fingerprint density at radius 3 is 2.22 bits per heavy atom. The average molecular weight is 154 g/mol. The minimum atomic E-state index is -3.90. The van der Waals surface area contributed by atoms with E-state index in [2.05, 4.69) is 4.74 Å². The van der Waals surface area contributed by atoms with Gasteiger partial charge in [-0.15, -0.1) is 0 Å². The summed E-state index contributed by atoms with van der Waals surface area (Å²) in [6.07, 6.45) is 0. The lowest BCUT2D eigenvalue weighted by molar-refractivity contribution is 0.191. The number of rotatable bonds is 3. The highest BCUT2D eigenvalue weighted by Crippen LogP contribution is 2.40. The summed E-state index contributed by atoms with van der Waals surface area (Å²) in [4.78, 5) is 16.9. The summed E-state index contributed by atoms with van der Waals surface area (Å²) >= 11 is 0. The van der Waals surface area contributed by atoms with Crippen molar-refractivity contribution in [1.82, 2.24) is 0 Å². The van der Waals surface area contributed by atoms with Crippen LogP contribution in [-0.4, -0.2) is 29.2 Å². The number of ether oxygens (including phenoxy) is 1. The normalized spacial score (nSPS) is 15.6. The number of hydrogen-bond acceptors (Lipinski definition) is 2. The molecule has 0 amide bonds. The Hall–Kier alpha value is 0.110. The van der Waals surface area contributed by atoms with E-state index in [1.165, 1.54) is 14.0 Å². The molecule has 56 valence electrons. The highest BCUT2D eigenvalue weighted by atomic mass is 31.2. The van der Waals surface area contributed by atoms with Crippen LogP contribution in [0.2, 0.25) is 0 Å². The van der Waals surface area contributed by atoms with Gasteiger partial charge in [0.25, 0.3) is 0 Å². The fourth-order valence-corrected chi connectivity index (χ4v) is 0.682. The summed E-state index contributed by atoms with van der Waals surface area (Å²) in [5.74, 6) is 0. The second-order valence-electron chi connectivity index (χ2n) is 1.89. The number of hydrogen-bond donors (Lipinski definition) is 2. The molecule has 0 radical (unpaired) electrons. The molecular weight excluding hydrogens is 143 g/mol. The summed E-state index contributed by atoms with van der Waals surface area (Å²) in [7, 11) is -2.49. The van der Waals surface area contributed by atoms with E-state index in [0.717, 1.165) is 0 Å². The fourth-order valence-electron chi connectivity index (χ4n) is 0.338. The monoisotopic (exact) mass is 154 g/mol. The first-order chi connectivity index (χ1) is 3.98. The van der Waals surface area contributed by atoms with Crippen LogP contribution in [0.15, 0.2) is 0 Å². The van der Waals surface area contributed by atoms with E-state index in [1.54, 1.807) is 0 Å². The third-order valence-electron chi connectivity index (χ3n) is 0.982. The smallest absolute Gasteiger partial charge is 0.330 e. The van der Waals surface area contributed by atoms with E-state index < -0.39 is 13.3 Å². The van der Waals surface area contributed by atoms with Gasteiger partial charge < -0.3 is 14.5 Å². The molecule has 0 unspecified atom stereocenters. The molecule has 0 aliphatic heterocycles. The molecule has 0 spiro atoms. The number of methoxy groups -OCH3 is 1. The van der Waals surface area contributed by atoms with Gasteiger partial charge in [-0.05, 0) is 6.92 Å². The summed E-state index contributed by atoms with van der Waals surface area (Å²) < 4.78 is 14.9. The highest BCUT2D eigenvalue weighted by molar-refractivity contribution is 7.52. The van der Waals surface area contributed by atoms with Gasteiger partial charge in [0, 0.05) is 7.11 Å². The van der Waals surface area contributed by atoms with Gasteiger partial charge in [0.2, 0.25) is 0 Å². The van der Waals surface area contributed by atoms with E-state index in [-0.39, 0.29) is 6.61 Å². The molecule has 0 rings (SSSR count). The van der Waals surface area contributed by atoms with Crippen LogP contribution in [0.3, 0.4) is 0 Å². The van der Waals surface area contributed by atoms with Gasteiger partial charge in [-0.25, -0.2) is 0 Å². The van der Waals surface area contributed by atoms with Crippen molar-refractivity contribution in [2.24, 2.45) is 0 Å². The Balaban J connectivity index is 3.74. The molecular formula is C4H11O4P. The molecule has 0 bridgehead atoms. The van der Waals surface area contributed by atoms with Crippen LogP contribution in [0.5, 0.6) is 0 Å². The summed E-state index contributed by atoms with van der Waals surface area (Å²) in [6, 6.07) is 0. The highest BCUT2D eigenvalue weighted by Gasteiger charge is 2.22. The fraction of sp³-hybridized carbons (Fsp3) is 1.00. The first-order valence-electron chi connectivity index (χ1n) is 2.52.